The maximum atomic E-state index is 12.2. The van der Waals surface area contributed by atoms with Gasteiger partial charge in [-0.3, -0.25) is 4.79 Å². The number of amides is 1. The summed E-state index contributed by atoms with van der Waals surface area (Å²) in [5, 5.41) is 2.95. The summed E-state index contributed by atoms with van der Waals surface area (Å²) in [6.07, 6.45) is 0.648. The molecule has 1 amide bonds. The zero-order valence-corrected chi connectivity index (χ0v) is 16.7. The molecule has 0 atom stereocenters. The molecule has 6 heteroatoms. The number of nitrogens with zero attached hydrogens (tertiary/aromatic N) is 2. The number of rotatable bonds is 6. The second-order valence-electron chi connectivity index (χ2n) is 5.64. The van der Waals surface area contributed by atoms with Crippen LogP contribution in [0.5, 0.6) is 0 Å². The molecule has 0 saturated heterocycles. The van der Waals surface area contributed by atoms with Gasteiger partial charge in [-0.2, -0.15) is 0 Å². The van der Waals surface area contributed by atoms with Gasteiger partial charge in [0.15, 0.2) is 0 Å². The van der Waals surface area contributed by atoms with Gasteiger partial charge in [0.1, 0.15) is 5.82 Å². The van der Waals surface area contributed by atoms with E-state index >= 15 is 0 Å². The molecule has 0 radical (unpaired) electrons. The average molecular weight is 463 g/mol. The normalized spacial score (nSPS) is 10.8. The number of hydrogen-bond acceptors (Lipinski definition) is 2. The van der Waals surface area contributed by atoms with E-state index in [2.05, 4.69) is 48.3 Å². The summed E-state index contributed by atoms with van der Waals surface area (Å²) >= 11 is 6.81. The third kappa shape index (κ3) is 4.38. The smallest absolute Gasteiger partial charge is 0.251 e. The maximum Gasteiger partial charge on any atom is 0.251 e. The number of carbonyl (C=O) groups excluding carboxylic acids is 1. The molecule has 0 spiro atoms. The van der Waals surface area contributed by atoms with Crippen molar-refractivity contribution in [3.05, 3.63) is 75.5 Å². The van der Waals surface area contributed by atoms with Crippen LogP contribution in [0.1, 0.15) is 16.2 Å². The van der Waals surface area contributed by atoms with Gasteiger partial charge in [0.2, 0.25) is 0 Å². The third-order valence-electron chi connectivity index (χ3n) is 3.78. The van der Waals surface area contributed by atoms with Crippen LogP contribution in [0, 0.1) is 0 Å². The minimum Gasteiger partial charge on any atom is -0.352 e. The third-order valence-corrected chi connectivity index (χ3v) is 4.53. The van der Waals surface area contributed by atoms with E-state index in [9.17, 15) is 4.79 Å². The lowest BCUT2D eigenvalue weighted by atomic mass is 10.2. The van der Waals surface area contributed by atoms with Crippen LogP contribution in [0.15, 0.2) is 64.1 Å². The van der Waals surface area contributed by atoms with Gasteiger partial charge in [-0.15, -0.1) is 0 Å². The van der Waals surface area contributed by atoms with Crippen LogP contribution >= 0.6 is 31.9 Å². The van der Waals surface area contributed by atoms with Gasteiger partial charge >= 0.3 is 0 Å². The Morgan fingerprint density at radius 2 is 2.00 bits per heavy atom. The lowest BCUT2D eigenvalue weighted by Gasteiger charge is -2.09. The Hall–Kier alpha value is -1.92. The molecule has 0 aliphatic rings. The maximum absolute atomic E-state index is 12.2. The lowest BCUT2D eigenvalue weighted by molar-refractivity contribution is 0.0954. The highest BCUT2D eigenvalue weighted by Gasteiger charge is 2.11. The van der Waals surface area contributed by atoms with E-state index in [-0.39, 0.29) is 5.91 Å². The van der Waals surface area contributed by atoms with E-state index in [4.69, 9.17) is 4.98 Å². The Bertz CT molecular complexity index is 933. The average Bonchev–Trinajstić information content (AvgIpc) is 2.92. The molecule has 1 N–H and O–H groups in total. The summed E-state index contributed by atoms with van der Waals surface area (Å²) in [4.78, 5) is 16.9. The van der Waals surface area contributed by atoms with Crippen LogP contribution in [0.4, 0.5) is 0 Å². The largest absolute Gasteiger partial charge is 0.352 e. The van der Waals surface area contributed by atoms with Gasteiger partial charge in [-0.1, -0.05) is 56.6 Å². The van der Waals surface area contributed by atoms with Crippen LogP contribution in [0.25, 0.3) is 11.0 Å². The molecule has 2 aromatic carbocycles. The van der Waals surface area contributed by atoms with Crippen molar-refractivity contribution in [2.75, 3.05) is 6.54 Å². The second-order valence-corrected chi connectivity index (χ2v) is 7.67. The monoisotopic (exact) mass is 461 g/mol. The highest BCUT2D eigenvalue weighted by Crippen LogP contribution is 2.19. The highest BCUT2D eigenvalue weighted by molar-refractivity contribution is 9.11. The van der Waals surface area contributed by atoms with Crippen molar-refractivity contribution in [2.45, 2.75) is 13.0 Å². The zero-order chi connectivity index (χ0) is 17.8. The SMILES string of the molecule is C=C(Br)Cn1c(CCNC(=O)c2cccc(Br)c2)nc2ccccc21. The quantitative estimate of drug-likeness (QED) is 0.578. The molecule has 0 aliphatic carbocycles. The molecule has 3 rings (SSSR count). The standard InChI is InChI=1S/C19H17Br2N3O/c1-13(20)12-24-17-8-3-2-7-16(17)23-18(24)9-10-22-19(25)14-5-4-6-15(21)11-14/h2-8,11H,1,9-10,12H2,(H,22,25). The molecule has 0 aliphatic heterocycles. The van der Waals surface area contributed by atoms with Crippen molar-refractivity contribution in [1.82, 2.24) is 14.9 Å². The van der Waals surface area contributed by atoms with Crippen LogP contribution in [-0.2, 0) is 13.0 Å². The molecular formula is C19H17Br2N3O. The zero-order valence-electron chi connectivity index (χ0n) is 13.5. The Balaban J connectivity index is 1.72. The summed E-state index contributed by atoms with van der Waals surface area (Å²) in [5.41, 5.74) is 2.65. The topological polar surface area (TPSA) is 46.9 Å². The first-order valence-electron chi connectivity index (χ1n) is 7.86. The minimum atomic E-state index is -0.0890. The fraction of sp³-hybridized carbons (Fsp3) is 0.158. The lowest BCUT2D eigenvalue weighted by Crippen LogP contribution is -2.26. The molecule has 0 unspecified atom stereocenters. The van der Waals surface area contributed by atoms with E-state index in [1.54, 1.807) is 12.1 Å². The van der Waals surface area contributed by atoms with E-state index in [1.807, 2.05) is 36.4 Å². The van der Waals surface area contributed by atoms with Crippen LogP contribution in [-0.4, -0.2) is 22.0 Å². The molecule has 4 nitrogen and oxygen atoms in total. The molecule has 1 heterocycles. The van der Waals surface area contributed by atoms with Crippen molar-refractivity contribution in [3.63, 3.8) is 0 Å². The molecule has 128 valence electrons. The number of allylic oxidation sites excluding steroid dienone is 1. The highest BCUT2D eigenvalue weighted by atomic mass is 79.9. The van der Waals surface area contributed by atoms with Gasteiger partial charge in [-0.05, 0) is 30.3 Å². The molecule has 1 aromatic heterocycles. The van der Waals surface area contributed by atoms with Gasteiger partial charge in [0.25, 0.3) is 5.91 Å². The number of aromatic nitrogens is 2. The first-order valence-corrected chi connectivity index (χ1v) is 9.44. The number of nitrogens with one attached hydrogen (secondary N) is 1. The predicted octanol–water partition coefficient (Wildman–Crippen LogP) is 4.68. The fourth-order valence-corrected chi connectivity index (χ4v) is 3.33. The summed E-state index contributed by atoms with van der Waals surface area (Å²) < 4.78 is 3.89. The molecule has 25 heavy (non-hydrogen) atoms. The number of imidazole rings is 1. The van der Waals surface area contributed by atoms with Gasteiger partial charge in [0.05, 0.1) is 17.6 Å². The second kappa shape index (κ2) is 7.97. The molecule has 3 aromatic rings. The Morgan fingerprint density at radius 1 is 1.20 bits per heavy atom. The molecule has 0 fully saturated rings. The van der Waals surface area contributed by atoms with Gasteiger partial charge in [-0.25, -0.2) is 4.98 Å². The van der Waals surface area contributed by atoms with Crippen LogP contribution in [0.3, 0.4) is 0 Å². The van der Waals surface area contributed by atoms with Crippen molar-refractivity contribution in [3.8, 4) is 0 Å². The number of hydrogen-bond donors (Lipinski definition) is 1. The van der Waals surface area contributed by atoms with Crippen molar-refractivity contribution in [2.24, 2.45) is 0 Å². The minimum absolute atomic E-state index is 0.0890. The van der Waals surface area contributed by atoms with Crippen LogP contribution in [0.2, 0.25) is 0 Å². The van der Waals surface area contributed by atoms with Crippen molar-refractivity contribution in [1.29, 1.82) is 0 Å². The van der Waals surface area contributed by atoms with E-state index < -0.39 is 0 Å². The van der Waals surface area contributed by atoms with Crippen molar-refractivity contribution < 1.29 is 4.79 Å². The Kier molecular flexibility index (Phi) is 5.71. The number of halogens is 2. The van der Waals surface area contributed by atoms with Gasteiger partial charge in [0, 0.05) is 27.5 Å². The van der Waals surface area contributed by atoms with E-state index in [0.717, 1.165) is 25.8 Å². The summed E-state index contributed by atoms with van der Waals surface area (Å²) in [7, 11) is 0. The first kappa shape index (κ1) is 17.9. The predicted molar refractivity (Wildman–Crippen MR) is 108 cm³/mol. The fourth-order valence-electron chi connectivity index (χ4n) is 2.68. The Morgan fingerprint density at radius 3 is 2.76 bits per heavy atom. The summed E-state index contributed by atoms with van der Waals surface area (Å²) in [6.45, 7) is 5.09. The molecule has 0 saturated carbocycles. The molecular weight excluding hydrogens is 446 g/mol. The molecule has 0 bridgehead atoms. The number of fused-ring (bicyclic) bond motifs is 1. The van der Waals surface area contributed by atoms with Crippen LogP contribution < -0.4 is 5.32 Å². The number of benzene rings is 2. The number of para-hydroxylation sites is 2. The first-order chi connectivity index (χ1) is 12.0. The van der Waals surface area contributed by atoms with Gasteiger partial charge < -0.3 is 9.88 Å². The number of carbonyl (C=O) groups is 1. The van der Waals surface area contributed by atoms with Crippen molar-refractivity contribution >= 4 is 48.8 Å². The van der Waals surface area contributed by atoms with E-state index in [1.165, 1.54) is 0 Å². The summed E-state index contributed by atoms with van der Waals surface area (Å²) in [5.74, 6) is 0.838. The van der Waals surface area contributed by atoms with E-state index in [0.29, 0.717) is 25.1 Å². The summed E-state index contributed by atoms with van der Waals surface area (Å²) in [6, 6.07) is 15.3. The Labute approximate surface area is 163 Å².